The summed E-state index contributed by atoms with van der Waals surface area (Å²) in [5.74, 6) is 0.131. The van der Waals surface area contributed by atoms with Gasteiger partial charge in [-0.2, -0.15) is 0 Å². The van der Waals surface area contributed by atoms with E-state index in [1.54, 1.807) is 29.5 Å². The van der Waals surface area contributed by atoms with Gasteiger partial charge in [-0.15, -0.1) is 11.3 Å². The number of ether oxygens (including phenoxy) is 1. The molecule has 0 saturated carbocycles. The minimum Gasteiger partial charge on any atom is -0.497 e. The third kappa shape index (κ3) is 3.25. The van der Waals surface area contributed by atoms with Gasteiger partial charge in [0.05, 0.1) is 7.11 Å². The van der Waals surface area contributed by atoms with Crippen LogP contribution in [0.25, 0.3) is 10.6 Å². The van der Waals surface area contributed by atoms with Crippen molar-refractivity contribution in [3.05, 3.63) is 64.7 Å². The number of thiazole rings is 1. The fraction of sp³-hybridized carbons (Fsp3) is 0.190. The first kappa shape index (κ1) is 18.2. The van der Waals surface area contributed by atoms with E-state index in [1.807, 2.05) is 30.3 Å². The molecule has 6 nitrogen and oxygen atoms in total. The number of benzene rings is 2. The van der Waals surface area contributed by atoms with E-state index in [0.29, 0.717) is 17.8 Å². The molecule has 0 radical (unpaired) electrons. The van der Waals surface area contributed by atoms with Crippen molar-refractivity contribution in [1.82, 2.24) is 4.98 Å². The summed E-state index contributed by atoms with van der Waals surface area (Å²) in [6.07, 6.45) is 1.50. The number of aromatic nitrogens is 1. The summed E-state index contributed by atoms with van der Waals surface area (Å²) in [5.41, 5.74) is 8.88. The maximum absolute atomic E-state index is 13.1. The lowest BCUT2D eigenvalue weighted by molar-refractivity contribution is 0.0974. The molecule has 1 aliphatic heterocycles. The van der Waals surface area contributed by atoms with Crippen LogP contribution in [-0.4, -0.2) is 30.5 Å². The molecule has 0 bridgehead atoms. The van der Waals surface area contributed by atoms with Crippen LogP contribution in [0.1, 0.15) is 32.8 Å². The van der Waals surface area contributed by atoms with E-state index in [0.717, 1.165) is 40.4 Å². The molecule has 0 fully saturated rings. The normalized spacial score (nSPS) is 13.1. The van der Waals surface area contributed by atoms with Crippen LogP contribution in [0.15, 0.2) is 47.8 Å². The zero-order chi connectivity index (χ0) is 19.7. The number of hydrogen-bond donors (Lipinski definition) is 1. The summed E-state index contributed by atoms with van der Waals surface area (Å²) < 4.78 is 5.18. The third-order valence-corrected chi connectivity index (χ3v) is 5.71. The largest absolute Gasteiger partial charge is 0.497 e. The Morgan fingerprint density at radius 2 is 1.96 bits per heavy atom. The summed E-state index contributed by atoms with van der Waals surface area (Å²) >= 11 is 1.42. The number of rotatable bonds is 4. The SMILES string of the molecule is COc1ccc(-c2nc(C(=O)N3CCCc4c(C(N)=O)cccc43)cs2)cc1. The summed E-state index contributed by atoms with van der Waals surface area (Å²) in [5, 5.41) is 2.54. The Morgan fingerprint density at radius 1 is 1.18 bits per heavy atom. The quantitative estimate of drug-likeness (QED) is 0.735. The molecule has 1 aromatic heterocycles. The zero-order valence-corrected chi connectivity index (χ0v) is 16.2. The van der Waals surface area contributed by atoms with Gasteiger partial charge in [-0.05, 0) is 54.8 Å². The predicted molar refractivity (Wildman–Crippen MR) is 109 cm³/mol. The fourth-order valence-electron chi connectivity index (χ4n) is 3.44. The lowest BCUT2D eigenvalue weighted by Crippen LogP contribution is -2.36. The van der Waals surface area contributed by atoms with Gasteiger partial charge in [-0.25, -0.2) is 4.98 Å². The molecule has 0 unspecified atom stereocenters. The standard InChI is InChI=1S/C21H19N3O3S/c1-27-14-9-7-13(8-10-14)20-23-17(12-28-20)21(26)24-11-3-5-15-16(19(22)25)4-2-6-18(15)24/h2,4,6-10,12H,3,5,11H2,1H3,(H2,22,25). The molecule has 2 heterocycles. The number of methoxy groups -OCH3 is 1. The van der Waals surface area contributed by atoms with Gasteiger partial charge in [-0.3, -0.25) is 9.59 Å². The Kier molecular flexibility index (Phi) is 4.83. The van der Waals surface area contributed by atoms with Gasteiger partial charge < -0.3 is 15.4 Å². The van der Waals surface area contributed by atoms with Crippen LogP contribution in [0.5, 0.6) is 5.75 Å². The van der Waals surface area contributed by atoms with Crippen molar-refractivity contribution in [2.75, 3.05) is 18.6 Å². The predicted octanol–water partition coefficient (Wildman–Crippen LogP) is 3.51. The van der Waals surface area contributed by atoms with Crippen LogP contribution in [-0.2, 0) is 6.42 Å². The van der Waals surface area contributed by atoms with Crippen molar-refractivity contribution in [2.45, 2.75) is 12.8 Å². The second kappa shape index (κ2) is 7.44. The molecular formula is C21H19N3O3S. The summed E-state index contributed by atoms with van der Waals surface area (Å²) in [4.78, 5) is 31.1. The van der Waals surface area contributed by atoms with Gasteiger partial charge >= 0.3 is 0 Å². The van der Waals surface area contributed by atoms with E-state index in [1.165, 1.54) is 11.3 Å². The van der Waals surface area contributed by atoms with E-state index < -0.39 is 5.91 Å². The van der Waals surface area contributed by atoms with Crippen molar-refractivity contribution < 1.29 is 14.3 Å². The maximum Gasteiger partial charge on any atom is 0.277 e. The fourth-order valence-corrected chi connectivity index (χ4v) is 4.24. The molecule has 2 N–H and O–H groups in total. The van der Waals surface area contributed by atoms with Gasteiger partial charge in [-0.1, -0.05) is 6.07 Å². The van der Waals surface area contributed by atoms with Gasteiger partial charge in [0.15, 0.2) is 0 Å². The number of amides is 2. The molecule has 4 rings (SSSR count). The molecule has 0 spiro atoms. The van der Waals surface area contributed by atoms with Crippen LogP contribution in [0, 0.1) is 0 Å². The molecule has 0 aliphatic carbocycles. The van der Waals surface area contributed by atoms with Gasteiger partial charge in [0.1, 0.15) is 16.5 Å². The Hall–Kier alpha value is -3.19. The highest BCUT2D eigenvalue weighted by Crippen LogP contribution is 2.32. The van der Waals surface area contributed by atoms with Crippen molar-refractivity contribution >= 4 is 28.8 Å². The van der Waals surface area contributed by atoms with Gasteiger partial charge in [0.25, 0.3) is 5.91 Å². The Labute approximate surface area is 166 Å². The average Bonchev–Trinajstić information content (AvgIpc) is 3.22. The van der Waals surface area contributed by atoms with Crippen LogP contribution in [0.2, 0.25) is 0 Å². The van der Waals surface area contributed by atoms with Crippen LogP contribution >= 0.6 is 11.3 Å². The first-order valence-electron chi connectivity index (χ1n) is 8.92. The van der Waals surface area contributed by atoms with Crippen molar-refractivity contribution in [2.24, 2.45) is 5.73 Å². The monoisotopic (exact) mass is 393 g/mol. The first-order chi connectivity index (χ1) is 13.6. The topological polar surface area (TPSA) is 85.5 Å². The van der Waals surface area contributed by atoms with E-state index in [-0.39, 0.29) is 5.91 Å². The molecule has 28 heavy (non-hydrogen) atoms. The number of carbonyl (C=O) groups is 2. The Balaban J connectivity index is 1.64. The molecular weight excluding hydrogens is 374 g/mol. The minimum absolute atomic E-state index is 0.168. The molecule has 0 saturated heterocycles. The molecule has 2 aromatic carbocycles. The average molecular weight is 393 g/mol. The minimum atomic E-state index is -0.471. The molecule has 2 amide bonds. The van der Waals surface area contributed by atoms with E-state index in [4.69, 9.17) is 10.5 Å². The van der Waals surface area contributed by atoms with Crippen molar-refractivity contribution in [1.29, 1.82) is 0 Å². The lowest BCUT2D eigenvalue weighted by atomic mass is 9.95. The zero-order valence-electron chi connectivity index (χ0n) is 15.3. The van der Waals surface area contributed by atoms with Crippen molar-refractivity contribution in [3.8, 4) is 16.3 Å². The Morgan fingerprint density at radius 3 is 2.68 bits per heavy atom. The van der Waals surface area contributed by atoms with E-state index in [2.05, 4.69) is 4.98 Å². The lowest BCUT2D eigenvalue weighted by Gasteiger charge is -2.30. The maximum atomic E-state index is 13.1. The molecule has 0 atom stereocenters. The summed E-state index contributed by atoms with van der Waals surface area (Å²) in [7, 11) is 1.62. The number of nitrogens with two attached hydrogens (primary N) is 1. The van der Waals surface area contributed by atoms with Crippen molar-refractivity contribution in [3.63, 3.8) is 0 Å². The second-order valence-corrected chi connectivity index (χ2v) is 7.35. The number of carbonyl (C=O) groups excluding carboxylic acids is 2. The number of anilines is 1. The Bertz CT molecular complexity index is 1040. The molecule has 7 heteroatoms. The summed E-state index contributed by atoms with van der Waals surface area (Å²) in [6, 6.07) is 12.9. The summed E-state index contributed by atoms with van der Waals surface area (Å²) in [6.45, 7) is 0.587. The number of hydrogen-bond acceptors (Lipinski definition) is 5. The number of nitrogens with zero attached hydrogens (tertiary/aromatic N) is 2. The highest BCUT2D eigenvalue weighted by atomic mass is 32.1. The molecule has 3 aromatic rings. The smallest absolute Gasteiger partial charge is 0.277 e. The van der Waals surface area contributed by atoms with Gasteiger partial charge in [0, 0.05) is 28.7 Å². The second-order valence-electron chi connectivity index (χ2n) is 6.49. The van der Waals surface area contributed by atoms with Crippen LogP contribution in [0.4, 0.5) is 5.69 Å². The van der Waals surface area contributed by atoms with E-state index >= 15 is 0 Å². The third-order valence-electron chi connectivity index (χ3n) is 4.82. The highest BCUT2D eigenvalue weighted by Gasteiger charge is 2.27. The highest BCUT2D eigenvalue weighted by molar-refractivity contribution is 7.13. The molecule has 1 aliphatic rings. The van der Waals surface area contributed by atoms with Gasteiger partial charge in [0.2, 0.25) is 5.91 Å². The van der Waals surface area contributed by atoms with Crippen LogP contribution in [0.3, 0.4) is 0 Å². The molecule has 142 valence electrons. The number of fused-ring (bicyclic) bond motifs is 1. The number of primary amides is 1. The van der Waals surface area contributed by atoms with E-state index in [9.17, 15) is 9.59 Å². The first-order valence-corrected chi connectivity index (χ1v) is 9.80. The van der Waals surface area contributed by atoms with Crippen LogP contribution < -0.4 is 15.4 Å².